The number of nitrogens with zero attached hydrogens (tertiary/aromatic N) is 1. The zero-order valence-corrected chi connectivity index (χ0v) is 12.1. The highest BCUT2D eigenvalue weighted by atomic mass is 79.9. The summed E-state index contributed by atoms with van der Waals surface area (Å²) in [5.74, 6) is 0.569. The first kappa shape index (κ1) is 13.3. The molecule has 0 aromatic heterocycles. The van der Waals surface area contributed by atoms with Gasteiger partial charge in [-0.1, -0.05) is 27.5 Å². The predicted octanol–water partition coefficient (Wildman–Crippen LogP) is 4.08. The molecule has 1 aromatic carbocycles. The first-order valence-electron chi connectivity index (χ1n) is 5.81. The van der Waals surface area contributed by atoms with E-state index >= 15 is 0 Å². The monoisotopic (exact) mass is 319 g/mol. The minimum absolute atomic E-state index is 0.173. The van der Waals surface area contributed by atoms with Gasteiger partial charge in [-0.25, -0.2) is 4.39 Å². The van der Waals surface area contributed by atoms with Gasteiger partial charge in [0.05, 0.1) is 0 Å². The van der Waals surface area contributed by atoms with Gasteiger partial charge >= 0.3 is 0 Å². The number of halogens is 3. The standard InChI is InChI=1S/C13H16BrClFN/c1-17(7-9-4-11(14)5-9)8-10-6-12(15)2-3-13(10)16/h2-3,6,9,11H,4-5,7-8H2,1H3. The van der Waals surface area contributed by atoms with Crippen LogP contribution in [0, 0.1) is 11.7 Å². The molecule has 0 aliphatic heterocycles. The number of rotatable bonds is 4. The second-order valence-electron chi connectivity index (χ2n) is 4.87. The van der Waals surface area contributed by atoms with Crippen molar-refractivity contribution in [3.05, 3.63) is 34.6 Å². The van der Waals surface area contributed by atoms with E-state index in [1.807, 2.05) is 7.05 Å². The lowest BCUT2D eigenvalue weighted by Gasteiger charge is -2.34. The Labute approximate surface area is 115 Å². The Bertz CT molecular complexity index is 393. The van der Waals surface area contributed by atoms with E-state index in [9.17, 15) is 4.39 Å². The quantitative estimate of drug-likeness (QED) is 0.756. The van der Waals surface area contributed by atoms with Crippen LogP contribution in [0.25, 0.3) is 0 Å². The SMILES string of the molecule is CN(Cc1cc(Cl)ccc1F)CC1CC(Br)C1. The molecule has 1 aliphatic rings. The fourth-order valence-electron chi connectivity index (χ4n) is 2.26. The van der Waals surface area contributed by atoms with Crippen LogP contribution in [0.3, 0.4) is 0 Å². The summed E-state index contributed by atoms with van der Waals surface area (Å²) in [6.45, 7) is 1.64. The summed E-state index contributed by atoms with van der Waals surface area (Å²) in [4.78, 5) is 2.85. The van der Waals surface area contributed by atoms with Crippen molar-refractivity contribution in [2.45, 2.75) is 24.2 Å². The minimum atomic E-state index is -0.173. The molecule has 0 bridgehead atoms. The van der Waals surface area contributed by atoms with Gasteiger partial charge in [-0.2, -0.15) is 0 Å². The second kappa shape index (κ2) is 5.68. The van der Waals surface area contributed by atoms with Gasteiger partial charge < -0.3 is 4.90 Å². The van der Waals surface area contributed by atoms with E-state index in [4.69, 9.17) is 11.6 Å². The molecule has 0 amide bonds. The Balaban J connectivity index is 1.89. The zero-order valence-electron chi connectivity index (χ0n) is 9.80. The van der Waals surface area contributed by atoms with Gasteiger partial charge in [-0.05, 0) is 44.0 Å². The molecule has 1 fully saturated rings. The molecule has 0 N–H and O–H groups in total. The summed E-state index contributed by atoms with van der Waals surface area (Å²) >= 11 is 9.45. The van der Waals surface area contributed by atoms with Crippen molar-refractivity contribution in [2.24, 2.45) is 5.92 Å². The Morgan fingerprint density at radius 2 is 2.18 bits per heavy atom. The fraction of sp³-hybridized carbons (Fsp3) is 0.538. The van der Waals surface area contributed by atoms with Gasteiger partial charge in [0.1, 0.15) is 5.82 Å². The third-order valence-corrected chi connectivity index (χ3v) is 4.18. The number of hydrogen-bond donors (Lipinski definition) is 0. The van der Waals surface area contributed by atoms with Crippen LogP contribution in [0.1, 0.15) is 18.4 Å². The number of alkyl halides is 1. The summed E-state index contributed by atoms with van der Waals surface area (Å²) < 4.78 is 13.5. The van der Waals surface area contributed by atoms with E-state index < -0.39 is 0 Å². The van der Waals surface area contributed by atoms with Crippen molar-refractivity contribution in [2.75, 3.05) is 13.6 Å². The third-order valence-electron chi connectivity index (χ3n) is 3.20. The summed E-state index contributed by atoms with van der Waals surface area (Å²) in [5.41, 5.74) is 0.676. The van der Waals surface area contributed by atoms with Crippen LogP contribution < -0.4 is 0 Å². The Morgan fingerprint density at radius 1 is 1.47 bits per heavy atom. The maximum absolute atomic E-state index is 13.5. The normalized spacial score (nSPS) is 23.8. The molecule has 1 saturated carbocycles. The van der Waals surface area contributed by atoms with E-state index in [0.717, 1.165) is 12.5 Å². The molecule has 1 aromatic rings. The molecule has 17 heavy (non-hydrogen) atoms. The fourth-order valence-corrected chi connectivity index (χ4v) is 3.52. The summed E-state index contributed by atoms with van der Waals surface area (Å²) in [6.07, 6.45) is 2.45. The highest BCUT2D eigenvalue weighted by Crippen LogP contribution is 2.33. The van der Waals surface area contributed by atoms with E-state index in [1.54, 1.807) is 12.1 Å². The minimum Gasteiger partial charge on any atom is -0.302 e. The number of hydrogen-bond acceptors (Lipinski definition) is 1. The summed E-state index contributed by atoms with van der Waals surface area (Å²) in [7, 11) is 2.03. The van der Waals surface area contributed by atoms with E-state index in [2.05, 4.69) is 20.8 Å². The molecule has 2 rings (SSSR count). The van der Waals surface area contributed by atoms with Crippen molar-refractivity contribution in [3.8, 4) is 0 Å². The molecular weight excluding hydrogens is 305 g/mol. The van der Waals surface area contributed by atoms with Crippen LogP contribution in [-0.4, -0.2) is 23.3 Å². The molecule has 0 heterocycles. The van der Waals surface area contributed by atoms with Gasteiger partial charge in [0.15, 0.2) is 0 Å². The summed E-state index contributed by atoms with van der Waals surface area (Å²) in [5, 5.41) is 0.596. The Hall–Kier alpha value is -0.120. The molecule has 1 aliphatic carbocycles. The average molecular weight is 321 g/mol. The highest BCUT2D eigenvalue weighted by Gasteiger charge is 2.27. The van der Waals surface area contributed by atoms with E-state index in [0.29, 0.717) is 22.0 Å². The second-order valence-corrected chi connectivity index (χ2v) is 6.60. The highest BCUT2D eigenvalue weighted by molar-refractivity contribution is 9.09. The lowest BCUT2D eigenvalue weighted by molar-refractivity contribution is 0.206. The van der Waals surface area contributed by atoms with E-state index in [-0.39, 0.29) is 5.82 Å². The van der Waals surface area contributed by atoms with Crippen molar-refractivity contribution >= 4 is 27.5 Å². The average Bonchev–Trinajstić information content (AvgIpc) is 2.21. The lowest BCUT2D eigenvalue weighted by atomic mass is 9.85. The molecular formula is C13H16BrClFN. The van der Waals surface area contributed by atoms with Crippen molar-refractivity contribution < 1.29 is 4.39 Å². The predicted molar refractivity (Wildman–Crippen MR) is 73.2 cm³/mol. The largest absolute Gasteiger partial charge is 0.302 e. The molecule has 0 atom stereocenters. The Morgan fingerprint density at radius 3 is 2.82 bits per heavy atom. The zero-order chi connectivity index (χ0) is 12.4. The molecule has 94 valence electrons. The van der Waals surface area contributed by atoms with Crippen molar-refractivity contribution in [1.82, 2.24) is 4.90 Å². The maximum atomic E-state index is 13.5. The van der Waals surface area contributed by atoms with E-state index in [1.165, 1.54) is 18.9 Å². The lowest BCUT2D eigenvalue weighted by Crippen LogP contribution is -2.34. The topological polar surface area (TPSA) is 3.24 Å². The van der Waals surface area contributed by atoms with Crippen molar-refractivity contribution in [1.29, 1.82) is 0 Å². The van der Waals surface area contributed by atoms with Crippen LogP contribution in [0.2, 0.25) is 5.02 Å². The third kappa shape index (κ3) is 3.67. The van der Waals surface area contributed by atoms with Gasteiger partial charge in [0.2, 0.25) is 0 Å². The van der Waals surface area contributed by atoms with Gasteiger partial charge in [-0.3, -0.25) is 0 Å². The first-order valence-corrected chi connectivity index (χ1v) is 7.10. The Kier molecular flexibility index (Phi) is 4.45. The molecule has 0 saturated heterocycles. The van der Waals surface area contributed by atoms with Gasteiger partial charge in [0, 0.05) is 28.5 Å². The number of benzene rings is 1. The molecule has 0 radical (unpaired) electrons. The van der Waals surface area contributed by atoms with Crippen LogP contribution in [0.5, 0.6) is 0 Å². The van der Waals surface area contributed by atoms with Crippen LogP contribution in [0.4, 0.5) is 4.39 Å². The van der Waals surface area contributed by atoms with Gasteiger partial charge in [-0.15, -0.1) is 0 Å². The molecule has 0 spiro atoms. The molecule has 0 unspecified atom stereocenters. The smallest absolute Gasteiger partial charge is 0.127 e. The maximum Gasteiger partial charge on any atom is 0.127 e. The molecule has 4 heteroatoms. The first-order chi connectivity index (χ1) is 8.04. The van der Waals surface area contributed by atoms with Crippen LogP contribution in [0.15, 0.2) is 18.2 Å². The van der Waals surface area contributed by atoms with Gasteiger partial charge in [0.25, 0.3) is 0 Å². The van der Waals surface area contributed by atoms with Crippen LogP contribution in [-0.2, 0) is 6.54 Å². The van der Waals surface area contributed by atoms with Crippen molar-refractivity contribution in [3.63, 3.8) is 0 Å². The summed E-state index contributed by atoms with van der Waals surface area (Å²) in [6, 6.07) is 4.73. The molecule has 1 nitrogen and oxygen atoms in total. The van der Waals surface area contributed by atoms with Crippen LogP contribution >= 0.6 is 27.5 Å².